The van der Waals surface area contributed by atoms with Gasteiger partial charge in [-0.3, -0.25) is 0 Å². The summed E-state index contributed by atoms with van der Waals surface area (Å²) in [6.07, 6.45) is 13.8. The lowest BCUT2D eigenvalue weighted by atomic mass is 9.78. The highest BCUT2D eigenvalue weighted by Gasteiger charge is 2.34. The summed E-state index contributed by atoms with van der Waals surface area (Å²) in [4.78, 5) is 21.8. The van der Waals surface area contributed by atoms with Crippen LogP contribution in [0.1, 0.15) is 44.1 Å². The quantitative estimate of drug-likeness (QED) is 0.866. The number of carboxylic acid groups (broad SMARTS) is 1. The number of anilines is 1. The Hall–Kier alpha value is -1.91. The van der Waals surface area contributed by atoms with Crippen molar-refractivity contribution in [2.45, 2.75) is 44.6 Å². The minimum absolute atomic E-state index is 0.591. The highest BCUT2D eigenvalue weighted by molar-refractivity contribution is 5.85. The van der Waals surface area contributed by atoms with E-state index in [0.29, 0.717) is 6.04 Å². The van der Waals surface area contributed by atoms with E-state index in [2.05, 4.69) is 14.9 Å². The van der Waals surface area contributed by atoms with Crippen molar-refractivity contribution in [1.82, 2.24) is 9.97 Å². The van der Waals surface area contributed by atoms with Crippen LogP contribution in [0.25, 0.3) is 6.08 Å². The first-order valence-corrected chi connectivity index (χ1v) is 7.74. The van der Waals surface area contributed by atoms with E-state index in [4.69, 9.17) is 5.11 Å². The molecule has 1 N–H and O–H groups in total. The fraction of sp³-hybridized carbons (Fsp3) is 0.562. The van der Waals surface area contributed by atoms with Crippen LogP contribution in [0.5, 0.6) is 0 Å². The molecule has 5 nitrogen and oxygen atoms in total. The fourth-order valence-electron chi connectivity index (χ4n) is 3.61. The van der Waals surface area contributed by atoms with E-state index in [0.717, 1.165) is 30.1 Å². The molecule has 2 fully saturated rings. The zero-order valence-electron chi connectivity index (χ0n) is 12.1. The molecule has 21 heavy (non-hydrogen) atoms. The summed E-state index contributed by atoms with van der Waals surface area (Å²) in [6, 6.07) is 0.591. The number of aliphatic carboxylic acids is 1. The highest BCUT2D eigenvalue weighted by atomic mass is 16.4. The molecule has 0 spiro atoms. The molecular weight excluding hydrogens is 266 g/mol. The third-order valence-electron chi connectivity index (χ3n) is 4.58. The number of nitrogens with zero attached hydrogens (tertiary/aromatic N) is 3. The number of carboxylic acids is 1. The van der Waals surface area contributed by atoms with Crippen molar-refractivity contribution in [2.24, 2.45) is 5.92 Å². The number of hydrogen-bond acceptors (Lipinski definition) is 4. The van der Waals surface area contributed by atoms with Gasteiger partial charge in [0.25, 0.3) is 0 Å². The number of carbonyl (C=O) groups is 1. The van der Waals surface area contributed by atoms with E-state index < -0.39 is 5.97 Å². The predicted octanol–water partition coefficient (Wildman–Crippen LogP) is 2.73. The first-order chi connectivity index (χ1) is 10.2. The van der Waals surface area contributed by atoms with Crippen molar-refractivity contribution in [2.75, 3.05) is 11.4 Å². The molecule has 0 unspecified atom stereocenters. The zero-order valence-corrected chi connectivity index (χ0v) is 12.1. The average molecular weight is 287 g/mol. The van der Waals surface area contributed by atoms with Crippen molar-refractivity contribution >= 4 is 18.0 Å². The van der Waals surface area contributed by atoms with Gasteiger partial charge in [-0.1, -0.05) is 12.8 Å². The molecule has 1 saturated carbocycles. The molecule has 1 aliphatic heterocycles. The van der Waals surface area contributed by atoms with E-state index in [1.54, 1.807) is 12.4 Å². The number of hydrogen-bond donors (Lipinski definition) is 1. The Kier molecular flexibility index (Phi) is 4.18. The lowest BCUT2D eigenvalue weighted by Gasteiger charge is -2.44. The number of fused-ring (bicyclic) bond motifs is 1. The summed E-state index contributed by atoms with van der Waals surface area (Å²) in [5.74, 6) is 0.627. The monoisotopic (exact) mass is 287 g/mol. The SMILES string of the molecule is O=C(O)/C=C/c1cnc(N2CCC[C@H]3CCCC[C@H]32)nc1. The molecule has 1 saturated heterocycles. The maximum atomic E-state index is 10.5. The molecule has 1 aliphatic carbocycles. The van der Waals surface area contributed by atoms with Crippen LogP contribution < -0.4 is 4.90 Å². The number of aromatic nitrogens is 2. The first kappa shape index (κ1) is 14.0. The molecule has 2 aliphatic rings. The summed E-state index contributed by atoms with van der Waals surface area (Å²) >= 11 is 0. The van der Waals surface area contributed by atoms with Gasteiger partial charge in [-0.2, -0.15) is 0 Å². The van der Waals surface area contributed by atoms with Gasteiger partial charge in [0.15, 0.2) is 0 Å². The third-order valence-corrected chi connectivity index (χ3v) is 4.58. The van der Waals surface area contributed by atoms with Crippen molar-refractivity contribution < 1.29 is 9.90 Å². The summed E-state index contributed by atoms with van der Waals surface area (Å²) < 4.78 is 0. The van der Waals surface area contributed by atoms with E-state index in [9.17, 15) is 4.79 Å². The Morgan fingerprint density at radius 3 is 2.67 bits per heavy atom. The summed E-state index contributed by atoms with van der Waals surface area (Å²) in [5.41, 5.74) is 0.721. The van der Waals surface area contributed by atoms with E-state index >= 15 is 0 Å². The average Bonchev–Trinajstić information content (AvgIpc) is 2.53. The smallest absolute Gasteiger partial charge is 0.328 e. The Bertz CT molecular complexity index is 525. The second-order valence-electron chi connectivity index (χ2n) is 5.94. The Labute approximate surface area is 124 Å². The molecule has 0 radical (unpaired) electrons. The van der Waals surface area contributed by atoms with E-state index in [1.165, 1.54) is 44.6 Å². The van der Waals surface area contributed by atoms with Crippen LogP contribution in [-0.2, 0) is 4.79 Å². The van der Waals surface area contributed by atoms with Crippen molar-refractivity contribution in [3.8, 4) is 0 Å². The third kappa shape index (κ3) is 3.23. The normalized spacial score (nSPS) is 25.8. The van der Waals surface area contributed by atoms with Gasteiger partial charge in [0.2, 0.25) is 5.95 Å². The van der Waals surface area contributed by atoms with Crippen molar-refractivity contribution in [1.29, 1.82) is 0 Å². The number of rotatable bonds is 3. The lowest BCUT2D eigenvalue weighted by Crippen LogP contribution is -2.47. The van der Waals surface area contributed by atoms with Gasteiger partial charge in [-0.05, 0) is 37.7 Å². The van der Waals surface area contributed by atoms with Gasteiger partial charge >= 0.3 is 5.97 Å². The summed E-state index contributed by atoms with van der Waals surface area (Å²) in [5, 5.41) is 8.63. The van der Waals surface area contributed by atoms with Gasteiger partial charge in [0.05, 0.1) is 0 Å². The molecule has 0 amide bonds. The second-order valence-corrected chi connectivity index (χ2v) is 5.94. The Morgan fingerprint density at radius 1 is 1.19 bits per heavy atom. The largest absolute Gasteiger partial charge is 0.478 e. The summed E-state index contributed by atoms with van der Waals surface area (Å²) in [7, 11) is 0. The second kappa shape index (κ2) is 6.24. The highest BCUT2D eigenvalue weighted by Crippen LogP contribution is 2.36. The molecule has 2 heterocycles. The van der Waals surface area contributed by atoms with Crippen LogP contribution in [0.2, 0.25) is 0 Å². The van der Waals surface area contributed by atoms with Crippen LogP contribution in [0.15, 0.2) is 18.5 Å². The van der Waals surface area contributed by atoms with Gasteiger partial charge in [0, 0.05) is 36.6 Å². The van der Waals surface area contributed by atoms with Crippen molar-refractivity contribution in [3.63, 3.8) is 0 Å². The molecule has 1 aromatic rings. The van der Waals surface area contributed by atoms with Gasteiger partial charge in [-0.15, -0.1) is 0 Å². The molecule has 2 atom stereocenters. The van der Waals surface area contributed by atoms with Crippen LogP contribution >= 0.6 is 0 Å². The van der Waals surface area contributed by atoms with Gasteiger partial charge < -0.3 is 10.0 Å². The maximum absolute atomic E-state index is 10.5. The maximum Gasteiger partial charge on any atom is 0.328 e. The van der Waals surface area contributed by atoms with Crippen molar-refractivity contribution in [3.05, 3.63) is 24.0 Å². The molecule has 112 valence electrons. The molecule has 0 aromatic carbocycles. The van der Waals surface area contributed by atoms with E-state index in [1.807, 2.05) is 0 Å². The van der Waals surface area contributed by atoms with Crippen LogP contribution in [0.4, 0.5) is 5.95 Å². The zero-order chi connectivity index (χ0) is 14.7. The van der Waals surface area contributed by atoms with Gasteiger partial charge in [-0.25, -0.2) is 14.8 Å². The molecular formula is C16H21N3O2. The Morgan fingerprint density at radius 2 is 1.90 bits per heavy atom. The lowest BCUT2D eigenvalue weighted by molar-refractivity contribution is -0.131. The van der Waals surface area contributed by atoms with E-state index in [-0.39, 0.29) is 0 Å². The minimum atomic E-state index is -0.958. The summed E-state index contributed by atoms with van der Waals surface area (Å²) in [6.45, 7) is 1.03. The molecule has 1 aromatic heterocycles. The van der Waals surface area contributed by atoms with Crippen LogP contribution in [-0.4, -0.2) is 33.6 Å². The first-order valence-electron chi connectivity index (χ1n) is 7.74. The molecule has 5 heteroatoms. The topological polar surface area (TPSA) is 66.3 Å². The minimum Gasteiger partial charge on any atom is -0.478 e. The molecule has 0 bridgehead atoms. The molecule has 3 rings (SSSR count). The van der Waals surface area contributed by atoms with Crippen LogP contribution in [0, 0.1) is 5.92 Å². The van der Waals surface area contributed by atoms with Crippen LogP contribution in [0.3, 0.4) is 0 Å². The number of piperidine rings is 1. The standard InChI is InChI=1S/C16H21N3O2/c20-15(21)8-7-12-10-17-16(18-11-12)19-9-3-5-13-4-1-2-6-14(13)19/h7-8,10-11,13-14H,1-6,9H2,(H,20,21)/b8-7+/t13-,14-/m1/s1. The predicted molar refractivity (Wildman–Crippen MR) is 81.0 cm³/mol. The fourth-order valence-corrected chi connectivity index (χ4v) is 3.61. The van der Waals surface area contributed by atoms with Gasteiger partial charge in [0.1, 0.15) is 0 Å². The Balaban J connectivity index is 1.75.